The first-order chi connectivity index (χ1) is 7.25. The lowest BCUT2D eigenvalue weighted by Gasteiger charge is -2.20. The van der Waals surface area contributed by atoms with Crippen molar-refractivity contribution in [2.45, 2.75) is 19.3 Å². The first-order valence-corrected chi connectivity index (χ1v) is 6.84. The molecule has 0 unspecified atom stereocenters. The van der Waals surface area contributed by atoms with Gasteiger partial charge in [-0.15, -0.1) is 11.3 Å². The summed E-state index contributed by atoms with van der Waals surface area (Å²) in [7, 11) is 0. The molecule has 15 heavy (non-hydrogen) atoms. The Kier molecular flexibility index (Phi) is 3.94. The lowest BCUT2D eigenvalue weighted by atomic mass is 9.92. The van der Waals surface area contributed by atoms with Crippen molar-refractivity contribution in [2.75, 3.05) is 13.1 Å². The largest absolute Gasteiger partial charge is 0.317 e. The standard InChI is InChI=1S/C11H14BrNOS/c12-11-2-1-9(15-11)7-10(14)8-3-5-13-6-4-8/h1-2,8,13H,3-7H2. The minimum atomic E-state index is 0.284. The van der Waals surface area contributed by atoms with Crippen LogP contribution in [-0.4, -0.2) is 18.9 Å². The van der Waals surface area contributed by atoms with E-state index < -0.39 is 0 Å². The van der Waals surface area contributed by atoms with Crippen molar-refractivity contribution in [1.29, 1.82) is 0 Å². The molecule has 2 heterocycles. The summed E-state index contributed by atoms with van der Waals surface area (Å²) in [6, 6.07) is 4.05. The third kappa shape index (κ3) is 3.13. The highest BCUT2D eigenvalue weighted by Gasteiger charge is 2.21. The smallest absolute Gasteiger partial charge is 0.141 e. The van der Waals surface area contributed by atoms with Crippen LogP contribution >= 0.6 is 27.3 Å². The fourth-order valence-electron chi connectivity index (χ4n) is 1.91. The Morgan fingerprint density at radius 3 is 2.80 bits per heavy atom. The third-order valence-corrected chi connectivity index (χ3v) is 4.40. The average molecular weight is 288 g/mol. The SMILES string of the molecule is O=C(Cc1ccc(Br)s1)C1CCNCC1. The summed E-state index contributed by atoms with van der Waals surface area (Å²) in [6.07, 6.45) is 2.62. The molecular weight excluding hydrogens is 274 g/mol. The molecule has 0 radical (unpaired) electrons. The molecule has 0 aliphatic carbocycles. The van der Waals surface area contributed by atoms with Crippen molar-refractivity contribution in [2.24, 2.45) is 5.92 Å². The molecule has 82 valence electrons. The van der Waals surface area contributed by atoms with Crippen LogP contribution in [0.1, 0.15) is 17.7 Å². The van der Waals surface area contributed by atoms with Crippen LogP contribution < -0.4 is 5.32 Å². The van der Waals surface area contributed by atoms with Crippen LogP contribution in [0.15, 0.2) is 15.9 Å². The van der Waals surface area contributed by atoms with Gasteiger partial charge in [0.05, 0.1) is 3.79 Å². The van der Waals surface area contributed by atoms with Crippen LogP contribution in [0, 0.1) is 5.92 Å². The quantitative estimate of drug-likeness (QED) is 0.926. The monoisotopic (exact) mass is 287 g/mol. The summed E-state index contributed by atoms with van der Waals surface area (Å²) < 4.78 is 1.11. The van der Waals surface area contributed by atoms with E-state index in [0.29, 0.717) is 12.2 Å². The van der Waals surface area contributed by atoms with E-state index in [4.69, 9.17) is 0 Å². The van der Waals surface area contributed by atoms with Gasteiger partial charge in [-0.05, 0) is 54.0 Å². The Hall–Kier alpha value is -0.190. The summed E-state index contributed by atoms with van der Waals surface area (Å²) in [4.78, 5) is 13.1. The molecule has 1 saturated heterocycles. The predicted molar refractivity (Wildman–Crippen MR) is 66.3 cm³/mol. The molecule has 2 rings (SSSR count). The van der Waals surface area contributed by atoms with Gasteiger partial charge in [-0.1, -0.05) is 0 Å². The second-order valence-electron chi connectivity index (χ2n) is 3.87. The zero-order chi connectivity index (χ0) is 10.7. The summed E-state index contributed by atoms with van der Waals surface area (Å²) >= 11 is 5.08. The zero-order valence-corrected chi connectivity index (χ0v) is 10.9. The summed E-state index contributed by atoms with van der Waals surface area (Å²) in [5.74, 6) is 0.693. The highest BCUT2D eigenvalue weighted by Crippen LogP contribution is 2.24. The van der Waals surface area contributed by atoms with Gasteiger partial charge in [-0.25, -0.2) is 0 Å². The zero-order valence-electron chi connectivity index (χ0n) is 8.46. The third-order valence-electron chi connectivity index (χ3n) is 2.77. The number of ketones is 1. The lowest BCUT2D eigenvalue weighted by molar-refractivity contribution is -0.122. The first-order valence-electron chi connectivity index (χ1n) is 5.23. The molecule has 0 spiro atoms. The number of hydrogen-bond donors (Lipinski definition) is 1. The van der Waals surface area contributed by atoms with Crippen LogP contribution in [-0.2, 0) is 11.2 Å². The number of Topliss-reactive ketones (excluding diaryl/α,β-unsaturated/α-hetero) is 1. The number of rotatable bonds is 3. The molecule has 1 aromatic rings. The van der Waals surface area contributed by atoms with Crippen molar-refractivity contribution < 1.29 is 4.79 Å². The van der Waals surface area contributed by atoms with E-state index in [1.165, 1.54) is 4.88 Å². The molecule has 1 fully saturated rings. The Labute approximate surface area is 102 Å². The van der Waals surface area contributed by atoms with E-state index >= 15 is 0 Å². The maximum atomic E-state index is 11.9. The summed E-state index contributed by atoms with van der Waals surface area (Å²) in [6.45, 7) is 1.98. The normalized spacial score (nSPS) is 17.9. The van der Waals surface area contributed by atoms with E-state index in [2.05, 4.69) is 21.2 Å². The van der Waals surface area contributed by atoms with E-state index in [9.17, 15) is 4.79 Å². The Morgan fingerprint density at radius 1 is 1.47 bits per heavy atom. The Morgan fingerprint density at radius 2 is 2.20 bits per heavy atom. The highest BCUT2D eigenvalue weighted by atomic mass is 79.9. The first kappa shape index (κ1) is 11.3. The number of carbonyl (C=O) groups is 1. The summed E-state index contributed by atoms with van der Waals surface area (Å²) in [5, 5.41) is 3.28. The minimum absolute atomic E-state index is 0.284. The second kappa shape index (κ2) is 5.23. The van der Waals surface area contributed by atoms with Crippen molar-refractivity contribution in [3.05, 3.63) is 20.8 Å². The van der Waals surface area contributed by atoms with Crippen LogP contribution in [0.2, 0.25) is 0 Å². The van der Waals surface area contributed by atoms with Crippen molar-refractivity contribution in [3.63, 3.8) is 0 Å². The van der Waals surface area contributed by atoms with Gasteiger partial charge >= 0.3 is 0 Å². The molecule has 1 aliphatic rings. The lowest BCUT2D eigenvalue weighted by Crippen LogP contribution is -2.32. The fraction of sp³-hybridized carbons (Fsp3) is 0.545. The molecule has 1 aliphatic heterocycles. The molecular formula is C11H14BrNOS. The van der Waals surface area contributed by atoms with Gasteiger partial charge in [0.25, 0.3) is 0 Å². The van der Waals surface area contributed by atoms with Gasteiger partial charge in [-0.2, -0.15) is 0 Å². The van der Waals surface area contributed by atoms with Gasteiger partial charge in [0, 0.05) is 17.2 Å². The molecule has 0 bridgehead atoms. The maximum absolute atomic E-state index is 11.9. The van der Waals surface area contributed by atoms with Crippen LogP contribution in [0.4, 0.5) is 0 Å². The number of halogens is 1. The molecule has 0 amide bonds. The van der Waals surface area contributed by atoms with Crippen LogP contribution in [0.3, 0.4) is 0 Å². The number of carbonyl (C=O) groups excluding carboxylic acids is 1. The molecule has 1 aromatic heterocycles. The highest BCUT2D eigenvalue weighted by molar-refractivity contribution is 9.11. The van der Waals surface area contributed by atoms with E-state index in [1.54, 1.807) is 11.3 Å². The topological polar surface area (TPSA) is 29.1 Å². The van der Waals surface area contributed by atoms with Crippen LogP contribution in [0.25, 0.3) is 0 Å². The second-order valence-corrected chi connectivity index (χ2v) is 6.42. The van der Waals surface area contributed by atoms with Crippen molar-refractivity contribution in [1.82, 2.24) is 5.32 Å². The number of hydrogen-bond acceptors (Lipinski definition) is 3. The molecule has 0 atom stereocenters. The van der Waals surface area contributed by atoms with Gasteiger partial charge < -0.3 is 5.32 Å². The number of nitrogens with one attached hydrogen (secondary N) is 1. The van der Waals surface area contributed by atoms with E-state index in [0.717, 1.165) is 29.7 Å². The number of piperidine rings is 1. The van der Waals surface area contributed by atoms with E-state index in [-0.39, 0.29) is 5.92 Å². The number of thiophene rings is 1. The van der Waals surface area contributed by atoms with Gasteiger partial charge in [-0.3, -0.25) is 4.79 Å². The van der Waals surface area contributed by atoms with Crippen molar-refractivity contribution in [3.8, 4) is 0 Å². The molecule has 2 nitrogen and oxygen atoms in total. The Bertz CT molecular complexity index is 344. The predicted octanol–water partition coefficient (Wildman–Crippen LogP) is 2.62. The Balaban J connectivity index is 1.91. The maximum Gasteiger partial charge on any atom is 0.141 e. The van der Waals surface area contributed by atoms with Gasteiger partial charge in [0.15, 0.2) is 0 Å². The molecule has 4 heteroatoms. The van der Waals surface area contributed by atoms with Crippen molar-refractivity contribution >= 4 is 33.0 Å². The molecule has 0 aromatic carbocycles. The van der Waals surface area contributed by atoms with Gasteiger partial charge in [0.2, 0.25) is 0 Å². The average Bonchev–Trinajstić information content (AvgIpc) is 2.65. The minimum Gasteiger partial charge on any atom is -0.317 e. The van der Waals surface area contributed by atoms with Crippen LogP contribution in [0.5, 0.6) is 0 Å². The van der Waals surface area contributed by atoms with E-state index in [1.807, 2.05) is 12.1 Å². The van der Waals surface area contributed by atoms with Gasteiger partial charge in [0.1, 0.15) is 5.78 Å². The molecule has 0 saturated carbocycles. The summed E-state index contributed by atoms with van der Waals surface area (Å²) in [5.41, 5.74) is 0. The molecule has 1 N–H and O–H groups in total. The fourth-order valence-corrected chi connectivity index (χ4v) is 3.40.